The highest BCUT2D eigenvalue weighted by Gasteiger charge is 2.30. The van der Waals surface area contributed by atoms with Gasteiger partial charge in [0.1, 0.15) is 9.84 Å². The Labute approximate surface area is 95.2 Å². The lowest BCUT2D eigenvalue weighted by molar-refractivity contribution is 0.0967. The van der Waals surface area contributed by atoms with Gasteiger partial charge < -0.3 is 4.57 Å². The maximum atomic E-state index is 11.7. The van der Waals surface area contributed by atoms with Crippen molar-refractivity contribution in [1.29, 1.82) is 0 Å². The van der Waals surface area contributed by atoms with Crippen LogP contribution in [0.4, 0.5) is 0 Å². The highest BCUT2D eigenvalue weighted by Crippen LogP contribution is 2.32. The molecule has 1 aliphatic rings. The first kappa shape index (κ1) is 11.4. The lowest BCUT2D eigenvalue weighted by Gasteiger charge is -2.00. The van der Waals surface area contributed by atoms with E-state index in [2.05, 4.69) is 0 Å². The third kappa shape index (κ3) is 2.95. The lowest BCUT2D eigenvalue weighted by atomic mass is 10.1. The Morgan fingerprint density at radius 3 is 2.75 bits per heavy atom. The van der Waals surface area contributed by atoms with Crippen molar-refractivity contribution >= 4 is 15.6 Å². The molecule has 0 amide bonds. The number of aryl methyl sites for hydroxylation is 1. The van der Waals surface area contributed by atoms with Crippen LogP contribution in [0.1, 0.15) is 23.2 Å². The standard InChI is InChI=1S/C11H15NO3S/c1-16(14,15)7-6-12-5-4-10(8-12)11(13)9-2-3-9/h4-5,8-9H,2-3,6-7H2,1H3. The largest absolute Gasteiger partial charge is 0.352 e. The second-order valence-electron chi connectivity index (χ2n) is 4.41. The average molecular weight is 241 g/mol. The SMILES string of the molecule is CS(=O)(=O)CCn1ccc(C(=O)C2CC2)c1. The summed E-state index contributed by atoms with van der Waals surface area (Å²) < 4.78 is 23.7. The van der Waals surface area contributed by atoms with Gasteiger partial charge in [-0.1, -0.05) is 0 Å². The predicted molar refractivity (Wildman–Crippen MR) is 61.2 cm³/mol. The molecule has 0 unspecified atom stereocenters. The average Bonchev–Trinajstić information content (AvgIpc) is 2.92. The first-order chi connectivity index (χ1) is 7.46. The summed E-state index contributed by atoms with van der Waals surface area (Å²) in [5, 5.41) is 0. The maximum Gasteiger partial charge on any atom is 0.167 e. The molecule has 0 aliphatic heterocycles. The Balaban J connectivity index is 1.99. The molecule has 1 heterocycles. The van der Waals surface area contributed by atoms with Gasteiger partial charge >= 0.3 is 0 Å². The monoisotopic (exact) mass is 241 g/mol. The molecule has 0 aromatic carbocycles. The first-order valence-corrected chi connectivity index (χ1v) is 7.39. The van der Waals surface area contributed by atoms with E-state index in [0.29, 0.717) is 12.1 Å². The zero-order valence-electron chi connectivity index (χ0n) is 9.22. The lowest BCUT2D eigenvalue weighted by Crippen LogP contribution is -2.10. The second kappa shape index (κ2) is 4.05. The molecular formula is C11H15NO3S. The second-order valence-corrected chi connectivity index (χ2v) is 6.67. The van der Waals surface area contributed by atoms with Gasteiger partial charge in [-0.15, -0.1) is 0 Å². The summed E-state index contributed by atoms with van der Waals surface area (Å²) in [6, 6.07) is 1.77. The van der Waals surface area contributed by atoms with Crippen LogP contribution in [0.3, 0.4) is 0 Å². The van der Waals surface area contributed by atoms with Gasteiger partial charge in [0.15, 0.2) is 5.78 Å². The van der Waals surface area contributed by atoms with Crippen LogP contribution in [-0.2, 0) is 16.4 Å². The Morgan fingerprint density at radius 2 is 2.19 bits per heavy atom. The van der Waals surface area contributed by atoms with Gasteiger partial charge in [0, 0.05) is 36.7 Å². The molecule has 88 valence electrons. The first-order valence-electron chi connectivity index (χ1n) is 5.33. The van der Waals surface area contributed by atoms with Gasteiger partial charge in [0.05, 0.1) is 5.75 Å². The molecule has 1 aromatic heterocycles. The van der Waals surface area contributed by atoms with Crippen molar-refractivity contribution in [3.63, 3.8) is 0 Å². The molecule has 4 nitrogen and oxygen atoms in total. The molecule has 0 N–H and O–H groups in total. The number of Topliss-reactive ketones (excluding diaryl/α,β-unsaturated/α-hetero) is 1. The molecule has 1 aliphatic carbocycles. The van der Waals surface area contributed by atoms with Crippen LogP contribution in [0.15, 0.2) is 18.5 Å². The van der Waals surface area contributed by atoms with Crippen LogP contribution < -0.4 is 0 Å². The van der Waals surface area contributed by atoms with Crippen molar-refractivity contribution < 1.29 is 13.2 Å². The smallest absolute Gasteiger partial charge is 0.167 e. The zero-order valence-corrected chi connectivity index (χ0v) is 10.0. The number of carbonyl (C=O) groups excluding carboxylic acids is 1. The maximum absolute atomic E-state index is 11.7. The molecule has 2 rings (SSSR count). The number of hydrogen-bond acceptors (Lipinski definition) is 3. The van der Waals surface area contributed by atoms with E-state index >= 15 is 0 Å². The highest BCUT2D eigenvalue weighted by molar-refractivity contribution is 7.90. The fourth-order valence-corrected chi connectivity index (χ4v) is 2.12. The van der Waals surface area contributed by atoms with Crippen molar-refractivity contribution in [2.45, 2.75) is 19.4 Å². The Bertz CT molecular complexity index is 497. The van der Waals surface area contributed by atoms with E-state index in [-0.39, 0.29) is 17.5 Å². The van der Waals surface area contributed by atoms with Crippen LogP contribution in [0.5, 0.6) is 0 Å². The fraction of sp³-hybridized carbons (Fsp3) is 0.545. The van der Waals surface area contributed by atoms with E-state index in [1.807, 2.05) is 0 Å². The summed E-state index contributed by atoms with van der Waals surface area (Å²) in [6.07, 6.45) is 6.71. The number of nitrogens with zero attached hydrogens (tertiary/aromatic N) is 1. The molecule has 1 fully saturated rings. The van der Waals surface area contributed by atoms with Crippen LogP contribution in [0.25, 0.3) is 0 Å². The number of ketones is 1. The van der Waals surface area contributed by atoms with Crippen LogP contribution in [0.2, 0.25) is 0 Å². The third-order valence-electron chi connectivity index (χ3n) is 2.70. The highest BCUT2D eigenvalue weighted by atomic mass is 32.2. The van der Waals surface area contributed by atoms with Crippen molar-refractivity contribution in [2.75, 3.05) is 12.0 Å². The Kier molecular flexibility index (Phi) is 2.88. The van der Waals surface area contributed by atoms with Crippen molar-refractivity contribution in [2.24, 2.45) is 5.92 Å². The zero-order chi connectivity index (χ0) is 11.8. The minimum atomic E-state index is -2.94. The van der Waals surface area contributed by atoms with Gasteiger partial charge in [-0.2, -0.15) is 0 Å². The fourth-order valence-electron chi connectivity index (χ4n) is 1.58. The molecular weight excluding hydrogens is 226 g/mol. The van der Waals surface area contributed by atoms with Crippen LogP contribution >= 0.6 is 0 Å². The summed E-state index contributed by atoms with van der Waals surface area (Å²) >= 11 is 0. The van der Waals surface area contributed by atoms with Gasteiger partial charge in [0.25, 0.3) is 0 Å². The summed E-state index contributed by atoms with van der Waals surface area (Å²) in [4.78, 5) is 11.7. The van der Waals surface area contributed by atoms with E-state index in [1.54, 1.807) is 23.0 Å². The molecule has 0 spiro atoms. The topological polar surface area (TPSA) is 56.1 Å². The Hall–Kier alpha value is -1.10. The molecule has 5 heteroatoms. The summed E-state index contributed by atoms with van der Waals surface area (Å²) in [5.41, 5.74) is 0.705. The number of rotatable bonds is 5. The van der Waals surface area contributed by atoms with Crippen molar-refractivity contribution in [1.82, 2.24) is 4.57 Å². The number of sulfone groups is 1. The van der Waals surface area contributed by atoms with Gasteiger partial charge in [-0.05, 0) is 18.9 Å². The van der Waals surface area contributed by atoms with Gasteiger partial charge in [-0.25, -0.2) is 8.42 Å². The van der Waals surface area contributed by atoms with Crippen LogP contribution in [-0.4, -0.2) is 30.8 Å². The summed E-state index contributed by atoms with van der Waals surface area (Å²) in [5.74, 6) is 0.516. The minimum Gasteiger partial charge on any atom is -0.352 e. The normalized spacial score (nSPS) is 16.3. The molecule has 0 saturated heterocycles. The number of aromatic nitrogens is 1. The third-order valence-corrected chi connectivity index (χ3v) is 3.63. The van der Waals surface area contributed by atoms with Gasteiger partial charge in [0.2, 0.25) is 0 Å². The summed E-state index contributed by atoms with van der Waals surface area (Å²) in [6.45, 7) is 0.413. The number of hydrogen-bond donors (Lipinski definition) is 0. The van der Waals surface area contributed by atoms with E-state index in [0.717, 1.165) is 12.8 Å². The minimum absolute atomic E-state index is 0.110. The Morgan fingerprint density at radius 1 is 1.50 bits per heavy atom. The molecule has 1 saturated carbocycles. The van der Waals surface area contributed by atoms with E-state index in [4.69, 9.17) is 0 Å². The van der Waals surface area contributed by atoms with E-state index in [1.165, 1.54) is 6.26 Å². The predicted octanol–water partition coefficient (Wildman–Crippen LogP) is 1.13. The summed E-state index contributed by atoms with van der Waals surface area (Å²) in [7, 11) is -2.94. The van der Waals surface area contributed by atoms with E-state index < -0.39 is 9.84 Å². The molecule has 0 bridgehead atoms. The molecule has 0 radical (unpaired) electrons. The van der Waals surface area contributed by atoms with Crippen LogP contribution in [0, 0.1) is 5.92 Å². The molecule has 0 atom stereocenters. The molecule has 16 heavy (non-hydrogen) atoms. The van der Waals surface area contributed by atoms with Gasteiger partial charge in [-0.3, -0.25) is 4.79 Å². The van der Waals surface area contributed by atoms with E-state index in [9.17, 15) is 13.2 Å². The molecule has 1 aromatic rings. The van der Waals surface area contributed by atoms with Crippen molar-refractivity contribution in [3.8, 4) is 0 Å². The number of carbonyl (C=O) groups is 1. The quantitative estimate of drug-likeness (QED) is 0.726. The van der Waals surface area contributed by atoms with Crippen molar-refractivity contribution in [3.05, 3.63) is 24.0 Å².